The summed E-state index contributed by atoms with van der Waals surface area (Å²) in [6.45, 7) is 0.482. The lowest BCUT2D eigenvalue weighted by Crippen LogP contribution is -2.31. The van der Waals surface area contributed by atoms with Gasteiger partial charge < -0.3 is 19.7 Å². The molecule has 0 bridgehead atoms. The van der Waals surface area contributed by atoms with Crippen molar-refractivity contribution in [3.8, 4) is 0 Å². The predicted octanol–water partition coefficient (Wildman–Crippen LogP) is -0.517. The summed E-state index contributed by atoms with van der Waals surface area (Å²) in [5, 5.41) is 15.5. The highest BCUT2D eigenvalue weighted by Gasteiger charge is 2.33. The van der Waals surface area contributed by atoms with Gasteiger partial charge >= 0.3 is 5.97 Å². The van der Waals surface area contributed by atoms with Crippen LogP contribution in [-0.4, -0.2) is 49.2 Å². The standard InChI is InChI=1S/C6H10O4.CH4O/c1-9-4-2-3-10-5(4)6(7)8;1-2/h4-5H,2-3H2,1H3,(H,7,8);2H,1H3. The number of aliphatic hydroxyl groups is 1. The van der Waals surface area contributed by atoms with Crippen LogP contribution in [0.25, 0.3) is 0 Å². The Kier molecular flexibility index (Phi) is 5.61. The zero-order valence-electron chi connectivity index (χ0n) is 7.19. The van der Waals surface area contributed by atoms with Crippen molar-refractivity contribution in [2.45, 2.75) is 18.6 Å². The molecule has 2 N–H and O–H groups in total. The molecule has 5 heteroatoms. The third-order valence-corrected chi connectivity index (χ3v) is 1.58. The summed E-state index contributed by atoms with van der Waals surface area (Å²) in [5.41, 5.74) is 0. The maximum atomic E-state index is 10.4. The van der Waals surface area contributed by atoms with E-state index in [9.17, 15) is 4.79 Å². The second-order valence-electron chi connectivity index (χ2n) is 2.19. The molecule has 2 unspecified atom stereocenters. The van der Waals surface area contributed by atoms with E-state index in [1.54, 1.807) is 0 Å². The van der Waals surface area contributed by atoms with Gasteiger partial charge in [-0.15, -0.1) is 0 Å². The van der Waals surface area contributed by atoms with Crippen molar-refractivity contribution in [3.63, 3.8) is 0 Å². The van der Waals surface area contributed by atoms with Crippen molar-refractivity contribution in [3.05, 3.63) is 0 Å². The van der Waals surface area contributed by atoms with Crippen LogP contribution in [0.5, 0.6) is 0 Å². The largest absolute Gasteiger partial charge is 0.479 e. The molecule has 5 nitrogen and oxygen atoms in total. The van der Waals surface area contributed by atoms with Gasteiger partial charge in [0, 0.05) is 20.6 Å². The Balaban J connectivity index is 0.000000561. The number of rotatable bonds is 2. The lowest BCUT2D eigenvalue weighted by atomic mass is 10.2. The molecule has 0 saturated carbocycles. The first kappa shape index (κ1) is 11.4. The topological polar surface area (TPSA) is 76.0 Å². The van der Waals surface area contributed by atoms with E-state index < -0.39 is 12.1 Å². The van der Waals surface area contributed by atoms with Gasteiger partial charge in [-0.25, -0.2) is 4.79 Å². The highest BCUT2D eigenvalue weighted by Crippen LogP contribution is 2.15. The lowest BCUT2D eigenvalue weighted by molar-refractivity contribution is -0.152. The van der Waals surface area contributed by atoms with Crippen LogP contribution >= 0.6 is 0 Å². The van der Waals surface area contributed by atoms with Crippen molar-refractivity contribution < 1.29 is 24.5 Å². The average Bonchev–Trinajstić information content (AvgIpc) is 2.55. The highest BCUT2D eigenvalue weighted by molar-refractivity contribution is 5.73. The lowest BCUT2D eigenvalue weighted by Gasteiger charge is -2.11. The minimum absolute atomic E-state index is 0.266. The molecule has 1 fully saturated rings. The maximum absolute atomic E-state index is 10.4. The first-order valence-electron chi connectivity index (χ1n) is 3.57. The second-order valence-corrected chi connectivity index (χ2v) is 2.19. The van der Waals surface area contributed by atoms with Crippen LogP contribution in [0.15, 0.2) is 0 Å². The summed E-state index contributed by atoms with van der Waals surface area (Å²) in [4.78, 5) is 10.4. The predicted molar refractivity (Wildman–Crippen MR) is 40.9 cm³/mol. The number of carbonyl (C=O) groups is 1. The number of ether oxygens (including phenoxy) is 2. The Morgan fingerprint density at radius 2 is 2.17 bits per heavy atom. The summed E-state index contributed by atoms with van der Waals surface area (Å²) < 4.78 is 9.77. The fourth-order valence-electron chi connectivity index (χ4n) is 1.04. The van der Waals surface area contributed by atoms with E-state index in [0.29, 0.717) is 13.0 Å². The van der Waals surface area contributed by atoms with E-state index in [1.165, 1.54) is 7.11 Å². The summed E-state index contributed by atoms with van der Waals surface area (Å²) in [6.07, 6.45) is -0.351. The monoisotopic (exact) mass is 178 g/mol. The fourth-order valence-corrected chi connectivity index (χ4v) is 1.04. The van der Waals surface area contributed by atoms with Crippen LogP contribution < -0.4 is 0 Å². The van der Waals surface area contributed by atoms with E-state index >= 15 is 0 Å². The van der Waals surface area contributed by atoms with Crippen LogP contribution in [0.2, 0.25) is 0 Å². The number of carboxylic acids is 1. The molecule has 0 spiro atoms. The third-order valence-electron chi connectivity index (χ3n) is 1.58. The van der Waals surface area contributed by atoms with Gasteiger partial charge in [-0.1, -0.05) is 0 Å². The minimum atomic E-state index is -0.940. The van der Waals surface area contributed by atoms with Gasteiger partial charge in [-0.2, -0.15) is 0 Å². The normalized spacial score (nSPS) is 27.6. The average molecular weight is 178 g/mol. The minimum Gasteiger partial charge on any atom is -0.479 e. The molecule has 0 aromatic heterocycles. The van der Waals surface area contributed by atoms with E-state index in [2.05, 4.69) is 0 Å². The molecule has 2 atom stereocenters. The summed E-state index contributed by atoms with van der Waals surface area (Å²) >= 11 is 0. The molecule has 1 heterocycles. The Hall–Kier alpha value is -0.650. The molecule has 1 aliphatic rings. The first-order chi connectivity index (χ1) is 5.75. The molecular weight excluding hydrogens is 164 g/mol. The molecule has 12 heavy (non-hydrogen) atoms. The number of aliphatic carboxylic acids is 1. The van der Waals surface area contributed by atoms with Gasteiger partial charge in [-0.3, -0.25) is 0 Å². The van der Waals surface area contributed by atoms with Crippen molar-refractivity contribution in [2.24, 2.45) is 0 Å². The van der Waals surface area contributed by atoms with E-state index in [-0.39, 0.29) is 6.10 Å². The van der Waals surface area contributed by atoms with Crippen LogP contribution in [0.4, 0.5) is 0 Å². The molecule has 0 radical (unpaired) electrons. The van der Waals surface area contributed by atoms with Crippen LogP contribution in [0.3, 0.4) is 0 Å². The van der Waals surface area contributed by atoms with Gasteiger partial charge in [0.1, 0.15) is 0 Å². The zero-order chi connectivity index (χ0) is 9.56. The van der Waals surface area contributed by atoms with Gasteiger partial charge in [0.15, 0.2) is 6.10 Å². The van der Waals surface area contributed by atoms with Crippen molar-refractivity contribution >= 4 is 5.97 Å². The molecule has 0 aromatic carbocycles. The van der Waals surface area contributed by atoms with E-state index in [0.717, 1.165) is 7.11 Å². The van der Waals surface area contributed by atoms with Crippen LogP contribution in [-0.2, 0) is 14.3 Å². The fraction of sp³-hybridized carbons (Fsp3) is 0.857. The number of methoxy groups -OCH3 is 1. The first-order valence-corrected chi connectivity index (χ1v) is 3.57. The molecule has 0 aliphatic carbocycles. The SMILES string of the molecule is CO.COC1CCOC1C(=O)O. The molecule has 72 valence electrons. The summed E-state index contributed by atoms with van der Waals surface area (Å²) in [7, 11) is 2.50. The molecule has 1 saturated heterocycles. The van der Waals surface area contributed by atoms with E-state index in [1.807, 2.05) is 0 Å². The van der Waals surface area contributed by atoms with Gasteiger partial charge in [0.2, 0.25) is 0 Å². The Morgan fingerprint density at radius 1 is 1.58 bits per heavy atom. The van der Waals surface area contributed by atoms with Gasteiger partial charge in [0.05, 0.1) is 12.7 Å². The summed E-state index contributed by atoms with van der Waals surface area (Å²) in [6, 6.07) is 0. The van der Waals surface area contributed by atoms with Gasteiger partial charge in [0.25, 0.3) is 0 Å². The quantitative estimate of drug-likeness (QED) is 0.595. The van der Waals surface area contributed by atoms with Gasteiger partial charge in [-0.05, 0) is 0 Å². The molecule has 1 aliphatic heterocycles. The molecule has 1 rings (SSSR count). The molecular formula is C7H14O5. The number of hydrogen-bond acceptors (Lipinski definition) is 4. The number of aliphatic hydroxyl groups excluding tert-OH is 1. The maximum Gasteiger partial charge on any atom is 0.335 e. The van der Waals surface area contributed by atoms with E-state index in [4.69, 9.17) is 19.7 Å². The molecule has 0 aromatic rings. The van der Waals surface area contributed by atoms with Crippen molar-refractivity contribution in [2.75, 3.05) is 20.8 Å². The number of carboxylic acid groups (broad SMARTS) is 1. The highest BCUT2D eigenvalue weighted by atomic mass is 16.6. The zero-order valence-corrected chi connectivity index (χ0v) is 7.19. The van der Waals surface area contributed by atoms with Crippen molar-refractivity contribution in [1.29, 1.82) is 0 Å². The summed E-state index contributed by atoms with van der Waals surface area (Å²) in [5.74, 6) is -0.940. The second kappa shape index (κ2) is 5.93. The third kappa shape index (κ3) is 2.77. The van der Waals surface area contributed by atoms with Crippen LogP contribution in [0.1, 0.15) is 6.42 Å². The Morgan fingerprint density at radius 3 is 2.50 bits per heavy atom. The molecule has 0 amide bonds. The Bertz CT molecular complexity index is 136. The Labute approximate surface area is 70.9 Å². The van der Waals surface area contributed by atoms with Crippen LogP contribution in [0, 0.1) is 0 Å². The van der Waals surface area contributed by atoms with Crippen molar-refractivity contribution in [1.82, 2.24) is 0 Å². The number of hydrogen-bond donors (Lipinski definition) is 2. The smallest absolute Gasteiger partial charge is 0.335 e.